The van der Waals surface area contributed by atoms with E-state index in [-0.39, 0.29) is 12.5 Å². The Morgan fingerprint density at radius 1 is 1.45 bits per heavy atom. The minimum absolute atomic E-state index is 0.0459. The van der Waals surface area contributed by atoms with Gasteiger partial charge in [0.25, 0.3) is 0 Å². The third-order valence-corrected chi connectivity index (χ3v) is 3.10. The molecule has 8 nitrogen and oxygen atoms in total. The summed E-state index contributed by atoms with van der Waals surface area (Å²) in [4.78, 5) is 13.7. The Labute approximate surface area is 117 Å². The van der Waals surface area contributed by atoms with Gasteiger partial charge in [-0.05, 0) is 0 Å². The molecule has 0 unspecified atom stereocenters. The lowest BCUT2D eigenvalue weighted by Gasteiger charge is -2.26. The molecule has 1 saturated heterocycles. The van der Waals surface area contributed by atoms with Crippen LogP contribution in [0.4, 0.5) is 0 Å². The van der Waals surface area contributed by atoms with Gasteiger partial charge in [-0.3, -0.25) is 4.79 Å². The van der Waals surface area contributed by atoms with Crippen LogP contribution in [0.5, 0.6) is 0 Å². The van der Waals surface area contributed by atoms with Crippen molar-refractivity contribution in [2.45, 2.75) is 19.5 Å². The number of nitrogens with one attached hydrogen (secondary N) is 1. The molecule has 0 atom stereocenters. The van der Waals surface area contributed by atoms with Crippen LogP contribution in [-0.4, -0.2) is 70.4 Å². The average Bonchev–Trinajstić information content (AvgIpc) is 2.92. The Morgan fingerprint density at radius 3 is 3.00 bits per heavy atom. The van der Waals surface area contributed by atoms with E-state index in [1.807, 2.05) is 4.90 Å². The number of aromatic nitrogens is 3. The average molecular weight is 283 g/mol. The molecule has 1 aliphatic heterocycles. The van der Waals surface area contributed by atoms with E-state index in [1.165, 1.54) is 0 Å². The zero-order valence-corrected chi connectivity index (χ0v) is 11.5. The first kappa shape index (κ1) is 14.9. The predicted octanol–water partition coefficient (Wildman–Crippen LogP) is -1.39. The summed E-state index contributed by atoms with van der Waals surface area (Å²) in [6.07, 6.45) is 2.26. The summed E-state index contributed by atoms with van der Waals surface area (Å²) >= 11 is 0. The van der Waals surface area contributed by atoms with Crippen molar-refractivity contribution in [2.24, 2.45) is 0 Å². The Morgan fingerprint density at radius 2 is 2.25 bits per heavy atom. The highest BCUT2D eigenvalue weighted by atomic mass is 16.5. The van der Waals surface area contributed by atoms with E-state index >= 15 is 0 Å². The van der Waals surface area contributed by atoms with Crippen molar-refractivity contribution in [3.63, 3.8) is 0 Å². The van der Waals surface area contributed by atoms with Crippen LogP contribution < -0.4 is 5.32 Å². The molecule has 2 N–H and O–H groups in total. The predicted molar refractivity (Wildman–Crippen MR) is 70.8 cm³/mol. The normalized spacial score (nSPS) is 15.6. The Kier molecular flexibility index (Phi) is 5.90. The molecule has 20 heavy (non-hydrogen) atoms. The van der Waals surface area contributed by atoms with E-state index in [0.717, 1.165) is 5.69 Å². The van der Waals surface area contributed by atoms with Crippen molar-refractivity contribution >= 4 is 5.91 Å². The maximum Gasteiger partial charge on any atom is 0.224 e. The summed E-state index contributed by atoms with van der Waals surface area (Å²) in [5.41, 5.74) is 0.803. The molecular weight excluding hydrogens is 262 g/mol. The lowest BCUT2D eigenvalue weighted by Crippen LogP contribution is -2.41. The molecular formula is C12H21N5O3. The standard InChI is InChI=1S/C12H21N5O3/c18-6-3-17-10-11(14-15-17)9-13-2-1-12(19)16-4-7-20-8-5-16/h10,13,18H,1-9H2. The van der Waals surface area contributed by atoms with Gasteiger partial charge in [0.05, 0.1) is 32.1 Å². The van der Waals surface area contributed by atoms with Crippen molar-refractivity contribution in [3.8, 4) is 0 Å². The number of carbonyl (C=O) groups is 1. The zero-order valence-electron chi connectivity index (χ0n) is 11.5. The second kappa shape index (κ2) is 7.93. The van der Waals surface area contributed by atoms with Crippen LogP contribution >= 0.6 is 0 Å². The van der Waals surface area contributed by atoms with Gasteiger partial charge in [0.1, 0.15) is 0 Å². The number of rotatable bonds is 7. The van der Waals surface area contributed by atoms with Gasteiger partial charge >= 0.3 is 0 Å². The molecule has 0 aromatic carbocycles. The van der Waals surface area contributed by atoms with Gasteiger partial charge in [0.2, 0.25) is 5.91 Å². The van der Waals surface area contributed by atoms with Crippen molar-refractivity contribution in [1.29, 1.82) is 0 Å². The molecule has 0 bridgehead atoms. The third kappa shape index (κ3) is 4.55. The van der Waals surface area contributed by atoms with Gasteiger partial charge in [0.15, 0.2) is 0 Å². The number of ether oxygens (including phenoxy) is 1. The first-order valence-electron chi connectivity index (χ1n) is 6.85. The van der Waals surface area contributed by atoms with Crippen molar-refractivity contribution in [2.75, 3.05) is 39.5 Å². The molecule has 1 aliphatic rings. The van der Waals surface area contributed by atoms with Crippen LogP contribution in [0.15, 0.2) is 6.20 Å². The second-order valence-electron chi connectivity index (χ2n) is 4.62. The topological polar surface area (TPSA) is 92.5 Å². The summed E-state index contributed by atoms with van der Waals surface area (Å²) < 4.78 is 6.80. The van der Waals surface area contributed by atoms with Gasteiger partial charge in [-0.15, -0.1) is 5.10 Å². The third-order valence-electron chi connectivity index (χ3n) is 3.10. The first-order valence-corrected chi connectivity index (χ1v) is 6.85. The van der Waals surface area contributed by atoms with E-state index < -0.39 is 0 Å². The van der Waals surface area contributed by atoms with Crippen molar-refractivity contribution < 1.29 is 14.6 Å². The molecule has 2 heterocycles. The monoisotopic (exact) mass is 283 g/mol. The highest BCUT2D eigenvalue weighted by Crippen LogP contribution is 2.00. The molecule has 1 fully saturated rings. The smallest absolute Gasteiger partial charge is 0.224 e. The molecule has 1 amide bonds. The Balaban J connectivity index is 1.61. The molecule has 1 aromatic rings. The summed E-state index contributed by atoms with van der Waals surface area (Å²) in [6.45, 7) is 4.32. The Bertz CT molecular complexity index is 417. The highest BCUT2D eigenvalue weighted by molar-refractivity contribution is 5.76. The van der Waals surface area contributed by atoms with Gasteiger partial charge in [-0.2, -0.15) is 0 Å². The Hall–Kier alpha value is -1.51. The quantitative estimate of drug-likeness (QED) is 0.599. The number of nitrogens with zero attached hydrogens (tertiary/aromatic N) is 4. The minimum atomic E-state index is 0.0459. The molecule has 112 valence electrons. The molecule has 0 radical (unpaired) electrons. The van der Waals surface area contributed by atoms with Crippen LogP contribution in [0, 0.1) is 0 Å². The van der Waals surface area contributed by atoms with Crippen molar-refractivity contribution in [1.82, 2.24) is 25.2 Å². The number of amides is 1. The summed E-state index contributed by atoms with van der Waals surface area (Å²) in [7, 11) is 0. The van der Waals surface area contributed by atoms with Crippen LogP contribution in [0.1, 0.15) is 12.1 Å². The van der Waals surface area contributed by atoms with Crippen LogP contribution in [0.3, 0.4) is 0 Å². The van der Waals surface area contributed by atoms with Crippen LogP contribution in [0.2, 0.25) is 0 Å². The van der Waals surface area contributed by atoms with Gasteiger partial charge in [-0.1, -0.05) is 5.21 Å². The van der Waals surface area contributed by atoms with E-state index in [9.17, 15) is 4.79 Å². The van der Waals surface area contributed by atoms with Gasteiger partial charge in [0, 0.05) is 38.8 Å². The van der Waals surface area contributed by atoms with E-state index in [2.05, 4.69) is 15.6 Å². The van der Waals surface area contributed by atoms with Crippen LogP contribution in [-0.2, 0) is 22.6 Å². The minimum Gasteiger partial charge on any atom is -0.394 e. The fourth-order valence-electron chi connectivity index (χ4n) is 2.01. The number of hydrogen-bond donors (Lipinski definition) is 2. The lowest BCUT2D eigenvalue weighted by atomic mass is 10.3. The fraction of sp³-hybridized carbons (Fsp3) is 0.750. The molecule has 0 saturated carbocycles. The maximum absolute atomic E-state index is 11.9. The first-order chi connectivity index (χ1) is 9.79. The fourth-order valence-corrected chi connectivity index (χ4v) is 2.01. The molecule has 1 aromatic heterocycles. The largest absolute Gasteiger partial charge is 0.394 e. The van der Waals surface area contributed by atoms with Crippen LogP contribution in [0.25, 0.3) is 0 Å². The number of aliphatic hydroxyl groups excluding tert-OH is 1. The summed E-state index contributed by atoms with van der Waals surface area (Å²) in [5, 5.41) is 19.8. The summed E-state index contributed by atoms with van der Waals surface area (Å²) in [6, 6.07) is 0. The van der Waals surface area contributed by atoms with E-state index in [0.29, 0.717) is 52.4 Å². The zero-order chi connectivity index (χ0) is 14.2. The van der Waals surface area contributed by atoms with Crippen molar-refractivity contribution in [3.05, 3.63) is 11.9 Å². The maximum atomic E-state index is 11.9. The molecule has 0 aliphatic carbocycles. The number of hydrogen-bond acceptors (Lipinski definition) is 6. The number of carbonyl (C=O) groups excluding carboxylic acids is 1. The second-order valence-corrected chi connectivity index (χ2v) is 4.62. The lowest BCUT2D eigenvalue weighted by molar-refractivity contribution is -0.135. The molecule has 8 heteroatoms. The highest BCUT2D eigenvalue weighted by Gasteiger charge is 2.15. The molecule has 2 rings (SSSR count). The SMILES string of the molecule is O=C(CCNCc1cn(CCO)nn1)N1CCOCC1. The number of aliphatic hydroxyl groups is 1. The molecule has 0 spiro atoms. The van der Waals surface area contributed by atoms with E-state index in [4.69, 9.17) is 9.84 Å². The van der Waals surface area contributed by atoms with E-state index in [1.54, 1.807) is 10.9 Å². The summed E-state index contributed by atoms with van der Waals surface area (Å²) in [5.74, 6) is 0.157. The van der Waals surface area contributed by atoms with Gasteiger partial charge < -0.3 is 20.1 Å². The number of morpholine rings is 1. The van der Waals surface area contributed by atoms with Gasteiger partial charge in [-0.25, -0.2) is 4.68 Å².